The Bertz CT molecular complexity index is 765. The first kappa shape index (κ1) is 18.5. The molecule has 7 nitrogen and oxygen atoms in total. The van der Waals surface area contributed by atoms with Crippen molar-refractivity contribution in [3.05, 3.63) is 40.7 Å². The lowest BCUT2D eigenvalue weighted by Gasteiger charge is -2.14. The SMILES string of the molecule is COCC1CCN(C(=O)c2cc(COc3ccc(OC)cc3Cl)[nH]n2)C1. The number of nitrogens with zero attached hydrogens (tertiary/aromatic N) is 2. The van der Waals surface area contributed by atoms with Gasteiger partial charge < -0.3 is 19.1 Å². The molecule has 0 spiro atoms. The molecule has 2 heterocycles. The van der Waals surface area contributed by atoms with Crippen molar-refractivity contribution in [1.29, 1.82) is 0 Å². The number of rotatable bonds is 7. The average Bonchev–Trinajstić information content (AvgIpc) is 3.30. The van der Waals surface area contributed by atoms with Crippen LogP contribution >= 0.6 is 11.6 Å². The number of halogens is 1. The maximum atomic E-state index is 12.5. The Hall–Kier alpha value is -2.25. The van der Waals surface area contributed by atoms with Crippen LogP contribution in [0.1, 0.15) is 22.6 Å². The Morgan fingerprint density at radius 2 is 2.23 bits per heavy atom. The quantitative estimate of drug-likeness (QED) is 0.800. The lowest BCUT2D eigenvalue weighted by Crippen LogP contribution is -2.29. The van der Waals surface area contributed by atoms with E-state index in [9.17, 15) is 4.79 Å². The number of hydrogen-bond acceptors (Lipinski definition) is 5. The molecule has 2 aromatic rings. The Morgan fingerprint density at radius 1 is 1.38 bits per heavy atom. The molecule has 1 N–H and O–H groups in total. The van der Waals surface area contributed by atoms with Crippen LogP contribution in [0, 0.1) is 5.92 Å². The molecule has 0 radical (unpaired) electrons. The third-order valence-electron chi connectivity index (χ3n) is 4.35. The zero-order chi connectivity index (χ0) is 18.5. The standard InChI is InChI=1S/C18H22ClN3O4/c1-24-10-12-5-6-22(9-12)18(23)16-7-13(20-21-16)11-26-17-4-3-14(25-2)8-15(17)19/h3-4,7-8,12H,5-6,9-11H2,1-2H3,(H,20,21). The van der Waals surface area contributed by atoms with Crippen molar-refractivity contribution < 1.29 is 19.0 Å². The highest BCUT2D eigenvalue weighted by molar-refractivity contribution is 6.32. The number of benzene rings is 1. The highest BCUT2D eigenvalue weighted by atomic mass is 35.5. The second kappa shape index (κ2) is 8.42. The Labute approximate surface area is 157 Å². The van der Waals surface area contributed by atoms with Gasteiger partial charge in [0.05, 0.1) is 24.4 Å². The minimum Gasteiger partial charge on any atom is -0.497 e. The summed E-state index contributed by atoms with van der Waals surface area (Å²) in [6.07, 6.45) is 0.954. The lowest BCUT2D eigenvalue weighted by atomic mass is 10.1. The monoisotopic (exact) mass is 379 g/mol. The zero-order valence-electron chi connectivity index (χ0n) is 14.8. The number of hydrogen-bond donors (Lipinski definition) is 1. The van der Waals surface area contributed by atoms with Crippen molar-refractivity contribution >= 4 is 17.5 Å². The van der Waals surface area contributed by atoms with Crippen LogP contribution in [0.2, 0.25) is 5.02 Å². The van der Waals surface area contributed by atoms with Gasteiger partial charge >= 0.3 is 0 Å². The molecule has 1 aromatic carbocycles. The molecule has 140 valence electrons. The van der Waals surface area contributed by atoms with Gasteiger partial charge in [-0.3, -0.25) is 9.89 Å². The number of methoxy groups -OCH3 is 2. The first-order chi connectivity index (χ1) is 12.6. The van der Waals surface area contributed by atoms with E-state index in [1.54, 1.807) is 38.5 Å². The highest BCUT2D eigenvalue weighted by Crippen LogP contribution is 2.29. The fraction of sp³-hybridized carbons (Fsp3) is 0.444. The van der Waals surface area contributed by atoms with Crippen LogP contribution in [0.5, 0.6) is 11.5 Å². The molecule has 3 rings (SSSR count). The maximum Gasteiger partial charge on any atom is 0.274 e. The van der Waals surface area contributed by atoms with Gasteiger partial charge in [-0.05, 0) is 24.6 Å². The van der Waals surface area contributed by atoms with Gasteiger partial charge in [0.25, 0.3) is 5.91 Å². The molecular weight excluding hydrogens is 358 g/mol. The Balaban J connectivity index is 1.57. The van der Waals surface area contributed by atoms with Crippen molar-refractivity contribution in [2.75, 3.05) is 33.9 Å². The van der Waals surface area contributed by atoms with Gasteiger partial charge in [-0.2, -0.15) is 5.10 Å². The van der Waals surface area contributed by atoms with Crippen LogP contribution in [-0.4, -0.2) is 54.9 Å². The van der Waals surface area contributed by atoms with Crippen LogP contribution in [0.3, 0.4) is 0 Å². The van der Waals surface area contributed by atoms with Gasteiger partial charge in [0.1, 0.15) is 18.1 Å². The van der Waals surface area contributed by atoms with E-state index in [-0.39, 0.29) is 12.5 Å². The van der Waals surface area contributed by atoms with Crippen molar-refractivity contribution in [3.63, 3.8) is 0 Å². The number of H-pyrrole nitrogens is 1. The second-order valence-corrected chi connectivity index (χ2v) is 6.63. The Morgan fingerprint density at radius 3 is 2.96 bits per heavy atom. The molecule has 1 fully saturated rings. The van der Waals surface area contributed by atoms with E-state index in [4.69, 9.17) is 25.8 Å². The minimum atomic E-state index is -0.0754. The molecule has 1 aromatic heterocycles. The van der Waals surface area contributed by atoms with Crippen LogP contribution in [0.15, 0.2) is 24.3 Å². The number of likely N-dealkylation sites (tertiary alicyclic amines) is 1. The second-order valence-electron chi connectivity index (χ2n) is 6.22. The van der Waals surface area contributed by atoms with Gasteiger partial charge in [0, 0.05) is 32.2 Å². The Kier molecular flexibility index (Phi) is 6.00. The van der Waals surface area contributed by atoms with Crippen LogP contribution in [0.25, 0.3) is 0 Å². The molecule has 1 saturated heterocycles. The summed E-state index contributed by atoms with van der Waals surface area (Å²) in [7, 11) is 3.26. The van der Waals surface area contributed by atoms with Crippen LogP contribution in [-0.2, 0) is 11.3 Å². The van der Waals surface area contributed by atoms with Crippen molar-refractivity contribution in [3.8, 4) is 11.5 Å². The smallest absolute Gasteiger partial charge is 0.274 e. The van der Waals surface area contributed by atoms with Gasteiger partial charge in [-0.1, -0.05) is 11.6 Å². The predicted molar refractivity (Wildman–Crippen MR) is 96.8 cm³/mol. The zero-order valence-corrected chi connectivity index (χ0v) is 15.6. The molecule has 0 saturated carbocycles. The third kappa shape index (κ3) is 4.28. The molecule has 1 unspecified atom stereocenters. The maximum absolute atomic E-state index is 12.5. The summed E-state index contributed by atoms with van der Waals surface area (Å²) in [6.45, 7) is 2.34. The molecule has 1 atom stereocenters. The molecule has 1 aliphatic heterocycles. The number of carbonyl (C=O) groups excluding carboxylic acids is 1. The van der Waals surface area contributed by atoms with E-state index in [0.29, 0.717) is 47.0 Å². The summed E-state index contributed by atoms with van der Waals surface area (Å²) in [5, 5.41) is 7.42. The summed E-state index contributed by atoms with van der Waals surface area (Å²) < 4.78 is 16.0. The number of aromatic amines is 1. The predicted octanol–water partition coefficient (Wildman–Crippen LogP) is 2.76. The van der Waals surface area contributed by atoms with E-state index >= 15 is 0 Å². The normalized spacial score (nSPS) is 16.7. The fourth-order valence-electron chi connectivity index (χ4n) is 2.98. The summed E-state index contributed by atoms with van der Waals surface area (Å²) in [4.78, 5) is 14.3. The van der Waals surface area contributed by atoms with Crippen molar-refractivity contribution in [2.45, 2.75) is 13.0 Å². The first-order valence-corrected chi connectivity index (χ1v) is 8.77. The molecular formula is C18H22ClN3O4. The average molecular weight is 380 g/mol. The number of carbonyl (C=O) groups is 1. The summed E-state index contributed by atoms with van der Waals surface area (Å²) in [6, 6.07) is 6.91. The van der Waals surface area contributed by atoms with Gasteiger partial charge in [-0.15, -0.1) is 0 Å². The molecule has 8 heteroatoms. The van der Waals surface area contributed by atoms with Gasteiger partial charge in [0.15, 0.2) is 5.69 Å². The van der Waals surface area contributed by atoms with E-state index in [0.717, 1.165) is 13.0 Å². The fourth-order valence-corrected chi connectivity index (χ4v) is 3.20. The lowest BCUT2D eigenvalue weighted by molar-refractivity contribution is 0.0769. The number of ether oxygens (including phenoxy) is 3. The third-order valence-corrected chi connectivity index (χ3v) is 4.64. The number of aromatic nitrogens is 2. The van der Waals surface area contributed by atoms with E-state index in [1.807, 2.05) is 4.90 Å². The first-order valence-electron chi connectivity index (χ1n) is 8.39. The van der Waals surface area contributed by atoms with Gasteiger partial charge in [0.2, 0.25) is 0 Å². The van der Waals surface area contributed by atoms with Crippen molar-refractivity contribution in [2.24, 2.45) is 5.92 Å². The topological polar surface area (TPSA) is 76.7 Å². The van der Waals surface area contributed by atoms with Crippen LogP contribution in [0.4, 0.5) is 0 Å². The molecule has 0 bridgehead atoms. The van der Waals surface area contributed by atoms with E-state index < -0.39 is 0 Å². The molecule has 26 heavy (non-hydrogen) atoms. The summed E-state index contributed by atoms with van der Waals surface area (Å²) in [5.74, 6) is 1.52. The van der Waals surface area contributed by atoms with Gasteiger partial charge in [-0.25, -0.2) is 0 Å². The largest absolute Gasteiger partial charge is 0.497 e. The van der Waals surface area contributed by atoms with Crippen molar-refractivity contribution in [1.82, 2.24) is 15.1 Å². The van der Waals surface area contributed by atoms with E-state index in [1.165, 1.54) is 0 Å². The number of amides is 1. The minimum absolute atomic E-state index is 0.0754. The summed E-state index contributed by atoms with van der Waals surface area (Å²) >= 11 is 6.15. The molecule has 1 amide bonds. The highest BCUT2D eigenvalue weighted by Gasteiger charge is 2.28. The molecule has 1 aliphatic rings. The molecule has 0 aliphatic carbocycles. The van der Waals surface area contributed by atoms with E-state index in [2.05, 4.69) is 10.2 Å². The number of nitrogens with one attached hydrogen (secondary N) is 1. The van der Waals surface area contributed by atoms with Crippen LogP contribution < -0.4 is 9.47 Å². The summed E-state index contributed by atoms with van der Waals surface area (Å²) in [5.41, 5.74) is 1.09.